The summed E-state index contributed by atoms with van der Waals surface area (Å²) >= 11 is 0. The first-order valence-electron chi connectivity index (χ1n) is 9.91. The highest BCUT2D eigenvalue weighted by Gasteiger charge is 2.42. The zero-order chi connectivity index (χ0) is 21.3. The lowest BCUT2D eigenvalue weighted by atomic mass is 10.1. The van der Waals surface area contributed by atoms with E-state index >= 15 is 0 Å². The Morgan fingerprint density at radius 1 is 0.857 bits per heavy atom. The minimum atomic E-state index is -4.37. The fourth-order valence-corrected chi connectivity index (χ4v) is 2.31. The number of hydrogen-bond donors (Lipinski definition) is 0. The third-order valence-electron chi connectivity index (χ3n) is 3.99. The molecular weight excluding hydrogens is 380 g/mol. The van der Waals surface area contributed by atoms with Gasteiger partial charge in [0.15, 0.2) is 6.61 Å². The number of alkyl halides is 4. The van der Waals surface area contributed by atoms with Gasteiger partial charge in [-0.2, -0.15) is 8.78 Å². The molecule has 0 aromatic rings. The van der Waals surface area contributed by atoms with Gasteiger partial charge in [-0.3, -0.25) is 9.59 Å². The topological polar surface area (TPSA) is 52.6 Å². The van der Waals surface area contributed by atoms with Crippen molar-refractivity contribution in [2.75, 3.05) is 13.2 Å². The second-order valence-electron chi connectivity index (χ2n) is 6.64. The molecule has 0 fully saturated rings. The molecule has 0 amide bonds. The molecule has 4 nitrogen and oxygen atoms in total. The lowest BCUT2D eigenvalue weighted by Gasteiger charge is -2.14. The molecule has 0 rings (SSSR count). The Morgan fingerprint density at radius 2 is 1.43 bits per heavy atom. The van der Waals surface area contributed by atoms with Crippen molar-refractivity contribution in [1.82, 2.24) is 0 Å². The minimum Gasteiger partial charge on any atom is -0.461 e. The molecule has 0 atom stereocenters. The third kappa shape index (κ3) is 15.5. The summed E-state index contributed by atoms with van der Waals surface area (Å²) < 4.78 is 58.0. The number of ether oxygens (including phenoxy) is 2. The first-order chi connectivity index (χ1) is 13.3. The molecule has 8 heteroatoms. The highest BCUT2D eigenvalue weighted by molar-refractivity contribution is 5.72. The molecule has 0 aromatic carbocycles. The van der Waals surface area contributed by atoms with Crippen LogP contribution < -0.4 is 0 Å². The number of hydrogen-bond acceptors (Lipinski definition) is 4. The van der Waals surface area contributed by atoms with Gasteiger partial charge in [-0.15, -0.1) is 0 Å². The van der Waals surface area contributed by atoms with Gasteiger partial charge in [-0.25, -0.2) is 8.78 Å². The Kier molecular flexibility index (Phi) is 15.4. The molecule has 0 unspecified atom stereocenters. The molecule has 0 aliphatic heterocycles. The van der Waals surface area contributed by atoms with E-state index < -0.39 is 30.9 Å². The van der Waals surface area contributed by atoms with Crippen LogP contribution in [0.3, 0.4) is 0 Å². The summed E-state index contributed by atoms with van der Waals surface area (Å²) in [6, 6.07) is 0. The zero-order valence-electron chi connectivity index (χ0n) is 16.6. The van der Waals surface area contributed by atoms with Gasteiger partial charge >= 0.3 is 24.3 Å². The van der Waals surface area contributed by atoms with Gasteiger partial charge in [0.1, 0.15) is 6.61 Å². The van der Waals surface area contributed by atoms with Crippen LogP contribution in [0.5, 0.6) is 0 Å². The van der Waals surface area contributed by atoms with Gasteiger partial charge in [0.2, 0.25) is 0 Å². The van der Waals surface area contributed by atoms with Crippen LogP contribution in [0.2, 0.25) is 0 Å². The molecule has 0 heterocycles. The highest BCUT2D eigenvalue weighted by Crippen LogP contribution is 2.23. The van der Waals surface area contributed by atoms with E-state index in [0.29, 0.717) is 0 Å². The summed E-state index contributed by atoms with van der Waals surface area (Å²) in [5.41, 5.74) is 0. The number of carbonyl (C=O) groups is 2. The van der Waals surface area contributed by atoms with Crippen LogP contribution in [0.4, 0.5) is 17.6 Å². The Balaban J connectivity index is 3.58. The zero-order valence-corrected chi connectivity index (χ0v) is 16.6. The van der Waals surface area contributed by atoms with Crippen LogP contribution in [0.15, 0.2) is 12.2 Å². The van der Waals surface area contributed by atoms with Crippen LogP contribution >= 0.6 is 0 Å². The molecule has 0 aliphatic carbocycles. The normalized spacial score (nSPS) is 11.9. The maximum absolute atomic E-state index is 12.6. The van der Waals surface area contributed by atoms with Crippen LogP contribution in [0.25, 0.3) is 0 Å². The Morgan fingerprint density at radius 3 is 2.04 bits per heavy atom. The number of allylic oxidation sites excluding steroid dienone is 1. The first kappa shape index (κ1) is 26.4. The van der Waals surface area contributed by atoms with Crippen molar-refractivity contribution in [2.24, 2.45) is 0 Å². The summed E-state index contributed by atoms with van der Waals surface area (Å²) in [6.45, 7) is 0.660. The van der Waals surface area contributed by atoms with Crippen LogP contribution in [-0.4, -0.2) is 37.5 Å². The molecule has 164 valence electrons. The van der Waals surface area contributed by atoms with Crippen molar-refractivity contribution in [3.8, 4) is 0 Å². The largest absolute Gasteiger partial charge is 0.461 e. The molecule has 0 saturated heterocycles. The second kappa shape index (κ2) is 16.4. The van der Waals surface area contributed by atoms with E-state index in [1.807, 2.05) is 6.08 Å². The van der Waals surface area contributed by atoms with Crippen LogP contribution in [0, 0.1) is 0 Å². The lowest BCUT2D eigenvalue weighted by molar-refractivity contribution is -0.179. The number of unbranched alkanes of at least 4 members (excludes halogenated alkanes) is 7. The Labute approximate surface area is 164 Å². The summed E-state index contributed by atoms with van der Waals surface area (Å²) in [4.78, 5) is 22.7. The van der Waals surface area contributed by atoms with Crippen molar-refractivity contribution >= 4 is 11.9 Å². The van der Waals surface area contributed by atoms with Crippen LogP contribution in [-0.2, 0) is 19.1 Å². The van der Waals surface area contributed by atoms with Crippen molar-refractivity contribution in [2.45, 2.75) is 89.9 Å². The van der Waals surface area contributed by atoms with Crippen LogP contribution in [0.1, 0.15) is 77.6 Å². The standard InChI is InChI=1S/C20H32F4O4/c1-2-3-4-5-6-7-8-9-10-11-15-27-17(25)13-12-14-18(26)28-16-20(23,24)19(21)22/h10-11,19H,2-9,12-16H2,1H3/b11-10+. The quantitative estimate of drug-likeness (QED) is 0.130. The van der Waals surface area contributed by atoms with Gasteiger partial charge in [-0.1, -0.05) is 57.6 Å². The molecular formula is C20H32F4O4. The van der Waals surface area contributed by atoms with E-state index in [0.717, 1.165) is 12.8 Å². The van der Waals surface area contributed by atoms with E-state index in [9.17, 15) is 27.2 Å². The number of esters is 2. The average Bonchev–Trinajstić information content (AvgIpc) is 2.64. The Bertz CT molecular complexity index is 453. The molecule has 0 N–H and O–H groups in total. The predicted octanol–water partition coefficient (Wildman–Crippen LogP) is 5.84. The molecule has 28 heavy (non-hydrogen) atoms. The number of rotatable bonds is 17. The summed E-state index contributed by atoms with van der Waals surface area (Å²) in [6.07, 6.45) is 9.03. The van der Waals surface area contributed by atoms with E-state index in [2.05, 4.69) is 11.7 Å². The highest BCUT2D eigenvalue weighted by atomic mass is 19.3. The van der Waals surface area contributed by atoms with Gasteiger partial charge in [-0.05, 0) is 19.3 Å². The van der Waals surface area contributed by atoms with Gasteiger partial charge in [0, 0.05) is 12.8 Å². The average molecular weight is 412 g/mol. The fraction of sp³-hybridized carbons (Fsp3) is 0.800. The van der Waals surface area contributed by atoms with E-state index in [1.54, 1.807) is 6.08 Å². The molecule has 0 aliphatic rings. The summed E-state index contributed by atoms with van der Waals surface area (Å²) in [7, 11) is 0. The molecule has 0 spiro atoms. The summed E-state index contributed by atoms with van der Waals surface area (Å²) in [5.74, 6) is -5.94. The van der Waals surface area contributed by atoms with Gasteiger partial charge in [0.05, 0.1) is 0 Å². The lowest BCUT2D eigenvalue weighted by Crippen LogP contribution is -2.33. The maximum Gasteiger partial charge on any atom is 0.340 e. The van der Waals surface area contributed by atoms with Crippen molar-refractivity contribution in [3.63, 3.8) is 0 Å². The SMILES string of the molecule is CCCCCCCCC/C=C/COC(=O)CCCC(=O)OCC(F)(F)C(F)F. The van der Waals surface area contributed by atoms with Gasteiger partial charge < -0.3 is 9.47 Å². The van der Waals surface area contributed by atoms with Crippen molar-refractivity contribution < 1.29 is 36.6 Å². The van der Waals surface area contributed by atoms with Gasteiger partial charge in [0.25, 0.3) is 0 Å². The second-order valence-corrected chi connectivity index (χ2v) is 6.64. The van der Waals surface area contributed by atoms with E-state index in [-0.39, 0.29) is 25.9 Å². The fourth-order valence-electron chi connectivity index (χ4n) is 2.31. The Hall–Kier alpha value is -1.60. The predicted molar refractivity (Wildman–Crippen MR) is 98.5 cm³/mol. The first-order valence-corrected chi connectivity index (χ1v) is 9.91. The summed E-state index contributed by atoms with van der Waals surface area (Å²) in [5, 5.41) is 0. The number of carbonyl (C=O) groups excluding carboxylic acids is 2. The monoisotopic (exact) mass is 412 g/mol. The number of halogens is 4. The van der Waals surface area contributed by atoms with E-state index in [1.165, 1.54) is 38.5 Å². The molecule has 0 bridgehead atoms. The minimum absolute atomic E-state index is 0.0413. The third-order valence-corrected chi connectivity index (χ3v) is 3.99. The maximum atomic E-state index is 12.6. The van der Waals surface area contributed by atoms with Crippen molar-refractivity contribution in [3.05, 3.63) is 12.2 Å². The van der Waals surface area contributed by atoms with E-state index in [4.69, 9.17) is 4.74 Å². The molecule has 0 saturated carbocycles. The molecule has 0 aromatic heterocycles. The molecule has 0 radical (unpaired) electrons. The smallest absolute Gasteiger partial charge is 0.340 e. The van der Waals surface area contributed by atoms with Crippen molar-refractivity contribution in [1.29, 1.82) is 0 Å².